The molecule has 61 heavy (non-hydrogen) atoms. The van der Waals surface area contributed by atoms with Gasteiger partial charge >= 0.3 is 0 Å². The molecule has 0 aromatic heterocycles. The number of ether oxygens (including phenoxy) is 5. The lowest BCUT2D eigenvalue weighted by molar-refractivity contribution is -0.282. The van der Waals surface area contributed by atoms with Gasteiger partial charge < -0.3 is 70.3 Å². The van der Waals surface area contributed by atoms with Gasteiger partial charge in [0.2, 0.25) is 17.7 Å². The highest BCUT2D eigenvalue weighted by Gasteiger charge is 2.43. The summed E-state index contributed by atoms with van der Waals surface area (Å²) < 4.78 is 27.7. The van der Waals surface area contributed by atoms with Crippen LogP contribution in [0.1, 0.15) is 129 Å². The molecule has 0 aliphatic carbocycles. The molecule has 3 amide bonds. The second kappa shape index (κ2) is 32.3. The number of carbonyl (C=O) groups is 4. The predicted molar refractivity (Wildman–Crippen MR) is 224 cm³/mol. The summed E-state index contributed by atoms with van der Waals surface area (Å²) in [5.74, 6) is -1.26. The van der Waals surface area contributed by atoms with Gasteiger partial charge in [-0.3, -0.25) is 19.2 Å². The van der Waals surface area contributed by atoms with Crippen LogP contribution in [0.2, 0.25) is 0 Å². The zero-order chi connectivity index (χ0) is 45.0. The zero-order valence-corrected chi connectivity index (χ0v) is 36.9. The van der Waals surface area contributed by atoms with E-state index in [1.807, 2.05) is 0 Å². The first-order valence-electron chi connectivity index (χ1n) is 22.7. The van der Waals surface area contributed by atoms with Crippen LogP contribution in [0.25, 0.3) is 0 Å². The number of Topliss-reactive ketones (excluding diaryl/α,β-unsaturated/α-hetero) is 1. The summed E-state index contributed by atoms with van der Waals surface area (Å²) in [6, 6.07) is -0.636. The van der Waals surface area contributed by atoms with Crippen molar-refractivity contribution in [3.8, 4) is 0 Å². The number of aliphatic hydroxyl groups excluding tert-OH is 6. The van der Waals surface area contributed by atoms with Gasteiger partial charge in [-0.1, -0.05) is 39.5 Å². The number of rotatable bonds is 34. The number of nitrogens with one attached hydrogen (secondary N) is 3. The van der Waals surface area contributed by atoms with Crippen molar-refractivity contribution in [3.63, 3.8) is 0 Å². The number of ketones is 1. The molecular weight excluding hydrogens is 798 g/mol. The molecule has 2 aliphatic heterocycles. The molecule has 2 rings (SSSR count). The number of amides is 3. The molecule has 2 aliphatic rings. The molecule has 9 N–H and O–H groups in total. The van der Waals surface area contributed by atoms with Crippen LogP contribution < -0.4 is 16.0 Å². The Morgan fingerprint density at radius 3 is 1.46 bits per heavy atom. The van der Waals surface area contributed by atoms with Gasteiger partial charge in [0.05, 0.1) is 31.5 Å². The van der Waals surface area contributed by atoms with Crippen LogP contribution in [0, 0.1) is 11.8 Å². The van der Waals surface area contributed by atoms with Crippen LogP contribution in [0.15, 0.2) is 0 Å². The molecule has 2 heterocycles. The fourth-order valence-corrected chi connectivity index (χ4v) is 7.36. The van der Waals surface area contributed by atoms with Crippen LogP contribution in [0.5, 0.6) is 0 Å². The number of unbranched alkanes of at least 4 members (excludes halogenated alkanes) is 8. The van der Waals surface area contributed by atoms with Gasteiger partial charge in [0.1, 0.15) is 24.4 Å². The molecule has 18 nitrogen and oxygen atoms in total. The van der Waals surface area contributed by atoms with Crippen molar-refractivity contribution in [3.05, 3.63) is 0 Å². The molecule has 11 atom stereocenters. The Morgan fingerprint density at radius 1 is 0.541 bits per heavy atom. The molecule has 2 saturated heterocycles. The molecule has 0 aromatic carbocycles. The molecule has 2 fully saturated rings. The first kappa shape index (κ1) is 54.8. The van der Waals surface area contributed by atoms with Crippen molar-refractivity contribution < 1.29 is 73.5 Å². The molecule has 10 unspecified atom stereocenters. The third-order valence-electron chi connectivity index (χ3n) is 11.4. The summed E-state index contributed by atoms with van der Waals surface area (Å²) in [6.45, 7) is 4.83. The van der Waals surface area contributed by atoms with E-state index in [9.17, 15) is 49.8 Å². The van der Waals surface area contributed by atoms with Crippen molar-refractivity contribution in [1.82, 2.24) is 16.0 Å². The highest BCUT2D eigenvalue weighted by atomic mass is 16.7. The summed E-state index contributed by atoms with van der Waals surface area (Å²) in [4.78, 5) is 50.7. The van der Waals surface area contributed by atoms with Crippen LogP contribution >= 0.6 is 0 Å². The minimum Gasteiger partial charge on any atom is -0.394 e. The van der Waals surface area contributed by atoms with Crippen LogP contribution in [0.3, 0.4) is 0 Å². The number of hydrogen-bond donors (Lipinski definition) is 9. The Bertz CT molecular complexity index is 1210. The summed E-state index contributed by atoms with van der Waals surface area (Å²) in [6.07, 6.45) is 2.91. The van der Waals surface area contributed by atoms with Gasteiger partial charge in [0.25, 0.3) is 0 Å². The quantitative estimate of drug-likeness (QED) is 0.0410. The van der Waals surface area contributed by atoms with E-state index in [-0.39, 0.29) is 29.9 Å². The Kier molecular flexibility index (Phi) is 29.0. The monoisotopic (exact) mass is 878 g/mol. The van der Waals surface area contributed by atoms with Gasteiger partial charge in [-0.05, 0) is 64.2 Å². The second-order valence-corrected chi connectivity index (χ2v) is 16.5. The average Bonchev–Trinajstić information content (AvgIpc) is 3.25. The molecule has 18 heteroatoms. The number of carbonyl (C=O) groups excluding carboxylic acids is 4. The van der Waals surface area contributed by atoms with Crippen LogP contribution in [0.4, 0.5) is 0 Å². The first-order valence-corrected chi connectivity index (χ1v) is 22.7. The molecule has 0 saturated carbocycles. The largest absolute Gasteiger partial charge is 0.394 e. The molecule has 0 radical (unpaired) electrons. The topological polar surface area (TPSA) is 272 Å². The maximum absolute atomic E-state index is 13.3. The van der Waals surface area contributed by atoms with E-state index in [1.165, 1.54) is 0 Å². The maximum atomic E-state index is 13.3. The number of hydrogen-bond acceptors (Lipinski definition) is 15. The summed E-state index contributed by atoms with van der Waals surface area (Å²) in [7, 11) is 1.62. The second-order valence-electron chi connectivity index (χ2n) is 16.5. The van der Waals surface area contributed by atoms with E-state index in [0.29, 0.717) is 110 Å². The van der Waals surface area contributed by atoms with E-state index in [2.05, 4.69) is 16.0 Å². The SMILES string of the molecule is COCCCNC(=O)CCCCCCC(=O)[C@H](CCCCNC(=O)CCCCCOC1OC(CO)C(O)C(O)C1C)NC(=O)CCCCCOC1OC(CO)C(O)C(O)C1C. The third-order valence-corrected chi connectivity index (χ3v) is 11.4. The molecular formula is C43H79N3O15. The molecule has 0 spiro atoms. The van der Waals surface area contributed by atoms with Gasteiger partial charge in [-0.15, -0.1) is 0 Å². The maximum Gasteiger partial charge on any atom is 0.220 e. The van der Waals surface area contributed by atoms with E-state index in [0.717, 1.165) is 32.1 Å². The Hall–Kier alpha value is -2.36. The lowest BCUT2D eigenvalue weighted by atomic mass is 9.92. The average molecular weight is 878 g/mol. The third kappa shape index (κ3) is 21.7. The summed E-state index contributed by atoms with van der Waals surface area (Å²) in [5, 5.41) is 68.0. The number of aliphatic hydroxyl groups is 6. The van der Waals surface area contributed by atoms with Gasteiger partial charge in [0.15, 0.2) is 18.4 Å². The van der Waals surface area contributed by atoms with E-state index >= 15 is 0 Å². The van der Waals surface area contributed by atoms with E-state index < -0.39 is 80.3 Å². The van der Waals surface area contributed by atoms with E-state index in [1.54, 1.807) is 21.0 Å². The normalized spacial score (nSPS) is 27.0. The van der Waals surface area contributed by atoms with Crippen molar-refractivity contribution in [2.45, 2.75) is 185 Å². The van der Waals surface area contributed by atoms with Gasteiger partial charge in [0, 0.05) is 77.5 Å². The first-order chi connectivity index (χ1) is 29.3. The predicted octanol–water partition coefficient (Wildman–Crippen LogP) is 1.12. The fourth-order valence-electron chi connectivity index (χ4n) is 7.36. The van der Waals surface area contributed by atoms with Gasteiger partial charge in [-0.2, -0.15) is 0 Å². The zero-order valence-electron chi connectivity index (χ0n) is 36.9. The lowest BCUT2D eigenvalue weighted by Crippen LogP contribution is -2.55. The van der Waals surface area contributed by atoms with Gasteiger partial charge in [-0.25, -0.2) is 0 Å². The Labute approximate surface area is 362 Å². The van der Waals surface area contributed by atoms with Crippen LogP contribution in [-0.2, 0) is 42.9 Å². The van der Waals surface area contributed by atoms with Crippen molar-refractivity contribution in [2.24, 2.45) is 11.8 Å². The Morgan fingerprint density at radius 2 is 0.984 bits per heavy atom. The highest BCUT2D eigenvalue weighted by molar-refractivity contribution is 5.89. The highest BCUT2D eigenvalue weighted by Crippen LogP contribution is 2.28. The molecule has 356 valence electrons. The smallest absolute Gasteiger partial charge is 0.220 e. The fraction of sp³-hybridized carbons (Fsp3) is 0.907. The van der Waals surface area contributed by atoms with E-state index in [4.69, 9.17) is 23.7 Å². The minimum atomic E-state index is -1.19. The summed E-state index contributed by atoms with van der Waals surface area (Å²) >= 11 is 0. The Balaban J connectivity index is 1.69. The standard InChI is InChI=1S/C43H79N3O15/c1-29-38(53)40(55)33(27-47)60-42(29)58-25-14-6-10-20-35(50)44-22-13-12-17-31(32(49)18-8-4-5-9-19-36(51)45-23-16-24-57-3)46-37(52)21-11-7-15-26-59-43-30(2)39(54)41(56)34(28-48)61-43/h29-31,33-34,38-43,47-48,53-56H,4-28H2,1-3H3,(H,44,50)(H,45,51)(H,46,52)/t29?,30?,31-,33?,34?,38?,39?,40?,41?,42?,43?/m0/s1. The summed E-state index contributed by atoms with van der Waals surface area (Å²) in [5.41, 5.74) is 0. The molecule has 0 bridgehead atoms. The van der Waals surface area contributed by atoms with Crippen molar-refractivity contribution in [2.75, 3.05) is 53.2 Å². The number of methoxy groups -OCH3 is 1. The lowest BCUT2D eigenvalue weighted by Gasteiger charge is -2.40. The van der Waals surface area contributed by atoms with Crippen molar-refractivity contribution >= 4 is 23.5 Å². The van der Waals surface area contributed by atoms with Crippen molar-refractivity contribution in [1.29, 1.82) is 0 Å². The minimum absolute atomic E-state index is 0.00827. The van der Waals surface area contributed by atoms with Crippen LogP contribution in [-0.4, -0.2) is 163 Å². The molecule has 0 aromatic rings.